The van der Waals surface area contributed by atoms with Crippen molar-refractivity contribution in [3.63, 3.8) is 0 Å². The Morgan fingerprint density at radius 2 is 2.05 bits per heavy atom. The standard InChI is InChI=1S/C9H17NO7S2/c11-9(12)1-4-17-5-3-10-19(15,16)8-2-6-18(13,14)7-8/h8,10H,1-7H2,(H,11,12). The molecule has 0 radical (unpaired) electrons. The Morgan fingerprint density at radius 3 is 2.58 bits per heavy atom. The van der Waals surface area contributed by atoms with Gasteiger partial charge in [-0.1, -0.05) is 0 Å². The Morgan fingerprint density at radius 1 is 1.37 bits per heavy atom. The quantitative estimate of drug-likeness (QED) is 0.526. The third-order valence-electron chi connectivity index (χ3n) is 2.64. The van der Waals surface area contributed by atoms with Gasteiger partial charge in [-0.3, -0.25) is 4.79 Å². The van der Waals surface area contributed by atoms with Crippen molar-refractivity contribution in [3.8, 4) is 0 Å². The van der Waals surface area contributed by atoms with Gasteiger partial charge in [0.15, 0.2) is 9.84 Å². The number of hydrogen-bond donors (Lipinski definition) is 2. The van der Waals surface area contributed by atoms with Crippen molar-refractivity contribution in [1.82, 2.24) is 4.72 Å². The number of rotatable bonds is 8. The Labute approximate surface area is 112 Å². The largest absolute Gasteiger partial charge is 0.481 e. The SMILES string of the molecule is O=C(O)CCOCCNS(=O)(=O)C1CCS(=O)(=O)C1. The lowest BCUT2D eigenvalue weighted by atomic mass is 10.4. The number of sulfone groups is 1. The van der Waals surface area contributed by atoms with Gasteiger partial charge in [-0.05, 0) is 6.42 Å². The van der Waals surface area contributed by atoms with E-state index in [0.717, 1.165) is 0 Å². The first kappa shape index (κ1) is 16.3. The number of sulfonamides is 1. The molecule has 1 saturated heterocycles. The fraction of sp³-hybridized carbons (Fsp3) is 0.889. The van der Waals surface area contributed by atoms with Crippen molar-refractivity contribution in [2.75, 3.05) is 31.3 Å². The first-order chi connectivity index (χ1) is 8.73. The van der Waals surface area contributed by atoms with Crippen molar-refractivity contribution in [1.29, 1.82) is 0 Å². The third-order valence-corrected chi connectivity index (χ3v) is 6.50. The van der Waals surface area contributed by atoms with Crippen LogP contribution in [0.5, 0.6) is 0 Å². The Bertz CT molecular complexity index is 511. The summed E-state index contributed by atoms with van der Waals surface area (Å²) in [6, 6.07) is 0. The molecule has 0 spiro atoms. The molecular formula is C9H17NO7S2. The number of hydrogen-bond acceptors (Lipinski definition) is 6. The molecule has 0 aromatic rings. The van der Waals surface area contributed by atoms with Crippen LogP contribution in [0.3, 0.4) is 0 Å². The highest BCUT2D eigenvalue weighted by Crippen LogP contribution is 2.17. The van der Waals surface area contributed by atoms with E-state index in [1.165, 1.54) is 0 Å². The van der Waals surface area contributed by atoms with E-state index in [9.17, 15) is 21.6 Å². The zero-order valence-corrected chi connectivity index (χ0v) is 11.9. The Balaban J connectivity index is 2.27. The van der Waals surface area contributed by atoms with Gasteiger partial charge in [0.25, 0.3) is 0 Å². The molecule has 0 bridgehead atoms. The Kier molecular flexibility index (Phi) is 5.71. The summed E-state index contributed by atoms with van der Waals surface area (Å²) in [4.78, 5) is 10.2. The lowest BCUT2D eigenvalue weighted by molar-refractivity contribution is -0.138. The maximum Gasteiger partial charge on any atom is 0.305 e. The van der Waals surface area contributed by atoms with Crippen LogP contribution in [-0.2, 0) is 29.4 Å². The van der Waals surface area contributed by atoms with E-state index in [2.05, 4.69) is 4.72 Å². The van der Waals surface area contributed by atoms with Crippen LogP contribution in [0.15, 0.2) is 0 Å². The van der Waals surface area contributed by atoms with Crippen LogP contribution in [-0.4, -0.2) is 64.4 Å². The van der Waals surface area contributed by atoms with Crippen LogP contribution >= 0.6 is 0 Å². The molecule has 8 nitrogen and oxygen atoms in total. The number of aliphatic carboxylic acids is 1. The highest BCUT2D eigenvalue weighted by atomic mass is 32.2. The van der Waals surface area contributed by atoms with Gasteiger partial charge in [-0.25, -0.2) is 21.6 Å². The predicted octanol–water partition coefficient (Wildman–Crippen LogP) is -1.42. The van der Waals surface area contributed by atoms with Crippen molar-refractivity contribution in [2.24, 2.45) is 0 Å². The molecule has 1 fully saturated rings. The van der Waals surface area contributed by atoms with Crippen LogP contribution in [0.2, 0.25) is 0 Å². The van der Waals surface area contributed by atoms with Crippen LogP contribution < -0.4 is 4.72 Å². The molecule has 0 saturated carbocycles. The summed E-state index contributed by atoms with van der Waals surface area (Å²) in [6.45, 7) is 0.0549. The second-order valence-electron chi connectivity index (χ2n) is 4.22. The van der Waals surface area contributed by atoms with Crippen molar-refractivity contribution >= 4 is 25.8 Å². The zero-order valence-electron chi connectivity index (χ0n) is 10.2. The Hall–Kier alpha value is -0.710. The van der Waals surface area contributed by atoms with E-state index in [1.54, 1.807) is 0 Å². The van der Waals surface area contributed by atoms with Gasteiger partial charge in [0.1, 0.15) is 0 Å². The van der Waals surface area contributed by atoms with Crippen LogP contribution in [0, 0.1) is 0 Å². The van der Waals surface area contributed by atoms with Crippen LogP contribution in [0.4, 0.5) is 0 Å². The van der Waals surface area contributed by atoms with Gasteiger partial charge >= 0.3 is 5.97 Å². The molecule has 0 aromatic carbocycles. The predicted molar refractivity (Wildman–Crippen MR) is 67.1 cm³/mol. The van der Waals surface area contributed by atoms with E-state index in [4.69, 9.17) is 9.84 Å². The molecule has 10 heteroatoms. The van der Waals surface area contributed by atoms with Gasteiger partial charge in [-0.15, -0.1) is 0 Å². The first-order valence-electron chi connectivity index (χ1n) is 5.71. The topological polar surface area (TPSA) is 127 Å². The summed E-state index contributed by atoms with van der Waals surface area (Å²) in [5.41, 5.74) is 0. The molecule has 1 rings (SSSR count). The summed E-state index contributed by atoms with van der Waals surface area (Å²) in [5.74, 6) is -1.44. The molecule has 19 heavy (non-hydrogen) atoms. The van der Waals surface area contributed by atoms with E-state index in [-0.39, 0.29) is 44.1 Å². The molecule has 1 unspecified atom stereocenters. The normalized spacial score (nSPS) is 22.4. The minimum absolute atomic E-state index is 0.00149. The van der Waals surface area contributed by atoms with E-state index in [0.29, 0.717) is 0 Å². The second-order valence-corrected chi connectivity index (χ2v) is 8.49. The van der Waals surface area contributed by atoms with Gasteiger partial charge in [0.2, 0.25) is 10.0 Å². The monoisotopic (exact) mass is 315 g/mol. The molecular weight excluding hydrogens is 298 g/mol. The van der Waals surface area contributed by atoms with Gasteiger partial charge in [0.05, 0.1) is 36.4 Å². The molecule has 1 atom stereocenters. The minimum atomic E-state index is -3.66. The molecule has 0 aromatic heterocycles. The molecule has 2 N–H and O–H groups in total. The fourth-order valence-electron chi connectivity index (χ4n) is 1.64. The summed E-state index contributed by atoms with van der Waals surface area (Å²) < 4.78 is 53.0. The van der Waals surface area contributed by atoms with Crippen LogP contribution in [0.1, 0.15) is 12.8 Å². The summed E-state index contributed by atoms with van der Waals surface area (Å²) in [7, 11) is -6.90. The number of carboxylic acids is 1. The summed E-state index contributed by atoms with van der Waals surface area (Å²) in [6.07, 6.45) is -0.0366. The summed E-state index contributed by atoms with van der Waals surface area (Å²) >= 11 is 0. The third kappa shape index (κ3) is 5.85. The number of ether oxygens (including phenoxy) is 1. The molecule has 1 aliphatic heterocycles. The van der Waals surface area contributed by atoms with Gasteiger partial charge in [0, 0.05) is 6.54 Å². The molecule has 0 aliphatic carbocycles. The highest BCUT2D eigenvalue weighted by molar-refractivity contribution is 7.95. The van der Waals surface area contributed by atoms with Crippen molar-refractivity contribution in [3.05, 3.63) is 0 Å². The van der Waals surface area contributed by atoms with E-state index < -0.39 is 31.1 Å². The molecule has 1 aliphatic rings. The lowest BCUT2D eigenvalue weighted by Gasteiger charge is -2.11. The van der Waals surface area contributed by atoms with E-state index >= 15 is 0 Å². The number of carbonyl (C=O) groups is 1. The van der Waals surface area contributed by atoms with Crippen LogP contribution in [0.25, 0.3) is 0 Å². The average molecular weight is 315 g/mol. The smallest absolute Gasteiger partial charge is 0.305 e. The number of carboxylic acid groups (broad SMARTS) is 1. The average Bonchev–Trinajstić information content (AvgIpc) is 2.64. The minimum Gasteiger partial charge on any atom is -0.481 e. The lowest BCUT2D eigenvalue weighted by Crippen LogP contribution is -2.37. The van der Waals surface area contributed by atoms with E-state index in [1.807, 2.05) is 0 Å². The highest BCUT2D eigenvalue weighted by Gasteiger charge is 2.36. The maximum atomic E-state index is 11.7. The number of nitrogens with one attached hydrogen (secondary N) is 1. The fourth-order valence-corrected chi connectivity index (χ4v) is 5.70. The molecule has 112 valence electrons. The maximum absolute atomic E-state index is 11.7. The van der Waals surface area contributed by atoms with Crippen molar-refractivity contribution in [2.45, 2.75) is 18.1 Å². The van der Waals surface area contributed by atoms with Gasteiger partial charge < -0.3 is 9.84 Å². The molecule has 0 amide bonds. The van der Waals surface area contributed by atoms with Crippen molar-refractivity contribution < 1.29 is 31.5 Å². The van der Waals surface area contributed by atoms with Gasteiger partial charge in [-0.2, -0.15) is 0 Å². The molecule has 1 heterocycles. The first-order valence-corrected chi connectivity index (χ1v) is 9.08. The zero-order chi connectivity index (χ0) is 14.5. The second kappa shape index (κ2) is 6.64. The summed E-state index contributed by atoms with van der Waals surface area (Å²) in [5, 5.41) is 7.44.